The molecule has 4 fully saturated rings. The van der Waals surface area contributed by atoms with E-state index in [1.54, 1.807) is 0 Å². The molecule has 0 heterocycles. The molecule has 2 N–H and O–H groups in total. The molecule has 1 heteroatoms. The van der Waals surface area contributed by atoms with E-state index in [2.05, 4.69) is 0 Å². The van der Waals surface area contributed by atoms with Gasteiger partial charge in [-0.3, -0.25) is 0 Å². The third kappa shape index (κ3) is 0.191. The van der Waals surface area contributed by atoms with Gasteiger partial charge in [-0.05, 0) is 48.9 Å². The maximum Gasteiger partial charge on any atom is 0.0225 e. The van der Waals surface area contributed by atoms with Gasteiger partial charge >= 0.3 is 0 Å². The SMILES string of the molecule is NC12CC3CC4CC(C1)C432. The van der Waals surface area contributed by atoms with Crippen LogP contribution in [0.4, 0.5) is 0 Å². The summed E-state index contributed by atoms with van der Waals surface area (Å²) in [6.07, 6.45) is 5.82. The first-order valence-electron chi connectivity index (χ1n) is 4.56. The molecule has 0 aromatic carbocycles. The average Bonchev–Trinajstić information content (AvgIpc) is 1.73. The standard InChI is InChI=1S/C9H13N/c10-8-3-6-1-5-2-7(4-8)9(5,6)8/h5-7H,1-4,10H2. The Morgan fingerprint density at radius 2 is 1.60 bits per heavy atom. The fourth-order valence-corrected chi connectivity index (χ4v) is 5.02. The van der Waals surface area contributed by atoms with Gasteiger partial charge in [-0.1, -0.05) is 0 Å². The summed E-state index contributed by atoms with van der Waals surface area (Å²) in [5.41, 5.74) is 7.40. The van der Waals surface area contributed by atoms with Crippen LogP contribution in [-0.4, -0.2) is 5.54 Å². The summed E-state index contributed by atoms with van der Waals surface area (Å²) in [6, 6.07) is 0. The Balaban J connectivity index is 1.89. The second-order valence-electron chi connectivity index (χ2n) is 5.06. The largest absolute Gasteiger partial charge is 0.325 e. The molecule has 4 aliphatic rings. The van der Waals surface area contributed by atoms with Gasteiger partial charge in [0.15, 0.2) is 0 Å². The van der Waals surface area contributed by atoms with Crippen LogP contribution < -0.4 is 5.73 Å². The summed E-state index contributed by atoms with van der Waals surface area (Å²) in [7, 11) is 0. The summed E-state index contributed by atoms with van der Waals surface area (Å²) >= 11 is 0. The van der Waals surface area contributed by atoms with Crippen molar-refractivity contribution in [2.24, 2.45) is 28.9 Å². The highest BCUT2D eigenvalue weighted by molar-refractivity contribution is 5.38. The lowest BCUT2D eigenvalue weighted by atomic mass is 9.16. The third-order valence-electron chi connectivity index (χ3n) is 5.25. The van der Waals surface area contributed by atoms with Gasteiger partial charge in [0.2, 0.25) is 0 Å². The van der Waals surface area contributed by atoms with E-state index in [9.17, 15) is 0 Å². The van der Waals surface area contributed by atoms with Gasteiger partial charge in [-0.25, -0.2) is 0 Å². The molecule has 0 aromatic rings. The molecule has 54 valence electrons. The van der Waals surface area contributed by atoms with Crippen molar-refractivity contribution in [2.45, 2.75) is 31.2 Å². The van der Waals surface area contributed by atoms with Crippen LogP contribution in [0.3, 0.4) is 0 Å². The molecular formula is C9H13N. The molecule has 4 saturated carbocycles. The van der Waals surface area contributed by atoms with E-state index >= 15 is 0 Å². The quantitative estimate of drug-likeness (QED) is 0.529. The summed E-state index contributed by atoms with van der Waals surface area (Å²) < 4.78 is 0. The van der Waals surface area contributed by atoms with E-state index in [1.807, 2.05) is 0 Å². The normalized spacial score (nSPS) is 80.7. The van der Waals surface area contributed by atoms with Crippen molar-refractivity contribution in [3.63, 3.8) is 0 Å². The molecule has 1 spiro atoms. The second kappa shape index (κ2) is 0.911. The van der Waals surface area contributed by atoms with E-state index in [0.29, 0.717) is 5.54 Å². The molecule has 0 amide bonds. The van der Waals surface area contributed by atoms with Gasteiger partial charge in [0.25, 0.3) is 0 Å². The maximum atomic E-state index is 6.25. The van der Waals surface area contributed by atoms with Crippen LogP contribution in [0.5, 0.6) is 0 Å². The Labute approximate surface area is 61.0 Å². The van der Waals surface area contributed by atoms with Gasteiger partial charge in [0.05, 0.1) is 0 Å². The van der Waals surface area contributed by atoms with Crippen LogP contribution in [0.25, 0.3) is 0 Å². The molecule has 1 nitrogen and oxygen atoms in total. The van der Waals surface area contributed by atoms with E-state index in [0.717, 1.165) is 23.2 Å². The molecule has 4 aliphatic carbocycles. The van der Waals surface area contributed by atoms with Crippen molar-refractivity contribution in [1.29, 1.82) is 0 Å². The maximum absolute atomic E-state index is 6.25. The van der Waals surface area contributed by atoms with E-state index in [1.165, 1.54) is 25.7 Å². The third-order valence-corrected chi connectivity index (χ3v) is 5.25. The molecule has 0 saturated heterocycles. The number of nitrogens with two attached hydrogens (primary N) is 1. The van der Waals surface area contributed by atoms with Gasteiger partial charge in [0, 0.05) is 5.54 Å². The molecule has 4 rings (SSSR count). The Bertz CT molecular complexity index is 207. The summed E-state index contributed by atoms with van der Waals surface area (Å²) in [6.45, 7) is 0. The fraction of sp³-hybridized carbons (Fsp3) is 1.00. The zero-order chi connectivity index (χ0) is 6.56. The Hall–Kier alpha value is -0.0400. The van der Waals surface area contributed by atoms with E-state index in [4.69, 9.17) is 5.73 Å². The fourth-order valence-electron chi connectivity index (χ4n) is 5.02. The first-order valence-corrected chi connectivity index (χ1v) is 4.56. The monoisotopic (exact) mass is 135 g/mol. The lowest BCUT2D eigenvalue weighted by Gasteiger charge is -2.90. The van der Waals surface area contributed by atoms with Crippen LogP contribution in [-0.2, 0) is 0 Å². The highest BCUT2D eigenvalue weighted by atomic mass is 15.0. The van der Waals surface area contributed by atoms with Crippen LogP contribution in [0.2, 0.25) is 0 Å². The highest BCUT2D eigenvalue weighted by Crippen LogP contribution is 2.88. The number of rotatable bonds is 0. The Morgan fingerprint density at radius 3 is 1.80 bits per heavy atom. The zero-order valence-electron chi connectivity index (χ0n) is 6.14. The first kappa shape index (κ1) is 4.76. The molecule has 0 radical (unpaired) electrons. The van der Waals surface area contributed by atoms with Gasteiger partial charge in [0.1, 0.15) is 0 Å². The molecule has 0 aliphatic heterocycles. The number of hydrogen-bond donors (Lipinski definition) is 1. The minimum absolute atomic E-state index is 0.378. The minimum Gasteiger partial charge on any atom is -0.325 e. The first-order chi connectivity index (χ1) is 4.77. The van der Waals surface area contributed by atoms with Crippen molar-refractivity contribution in [3.8, 4) is 0 Å². The topological polar surface area (TPSA) is 26.0 Å². The van der Waals surface area contributed by atoms with E-state index < -0.39 is 0 Å². The predicted octanol–water partition coefficient (Wildman–Crippen LogP) is 1.13. The van der Waals surface area contributed by atoms with Gasteiger partial charge in [-0.2, -0.15) is 0 Å². The summed E-state index contributed by atoms with van der Waals surface area (Å²) in [5.74, 6) is 3.28. The van der Waals surface area contributed by atoms with E-state index in [-0.39, 0.29) is 0 Å². The lowest BCUT2D eigenvalue weighted by Crippen LogP contribution is -2.91. The van der Waals surface area contributed by atoms with Gasteiger partial charge in [-0.15, -0.1) is 0 Å². The van der Waals surface area contributed by atoms with Crippen molar-refractivity contribution >= 4 is 0 Å². The summed E-state index contributed by atoms with van der Waals surface area (Å²) in [4.78, 5) is 0. The van der Waals surface area contributed by atoms with Crippen LogP contribution in [0.1, 0.15) is 25.7 Å². The molecular weight excluding hydrogens is 122 g/mol. The van der Waals surface area contributed by atoms with Crippen molar-refractivity contribution in [3.05, 3.63) is 0 Å². The van der Waals surface area contributed by atoms with Crippen molar-refractivity contribution in [1.82, 2.24) is 0 Å². The molecule has 2 atom stereocenters. The zero-order valence-corrected chi connectivity index (χ0v) is 6.14. The molecule has 10 heavy (non-hydrogen) atoms. The van der Waals surface area contributed by atoms with Crippen LogP contribution in [0.15, 0.2) is 0 Å². The second-order valence-corrected chi connectivity index (χ2v) is 5.06. The predicted molar refractivity (Wildman–Crippen MR) is 38.3 cm³/mol. The van der Waals surface area contributed by atoms with Crippen molar-refractivity contribution in [2.75, 3.05) is 0 Å². The lowest BCUT2D eigenvalue weighted by molar-refractivity contribution is -0.387. The molecule has 0 bridgehead atoms. The average molecular weight is 135 g/mol. The van der Waals surface area contributed by atoms with Crippen molar-refractivity contribution < 1.29 is 0 Å². The van der Waals surface area contributed by atoms with Gasteiger partial charge < -0.3 is 5.73 Å². The number of hydrogen-bond acceptors (Lipinski definition) is 1. The van der Waals surface area contributed by atoms with Crippen LogP contribution >= 0.6 is 0 Å². The van der Waals surface area contributed by atoms with Crippen LogP contribution in [0, 0.1) is 23.2 Å². The Morgan fingerprint density at radius 1 is 1.00 bits per heavy atom. The summed E-state index contributed by atoms with van der Waals surface area (Å²) in [5, 5.41) is 0. The molecule has 2 unspecified atom stereocenters. The highest BCUT2D eigenvalue weighted by Gasteiger charge is 2.86. The minimum atomic E-state index is 0.378. The molecule has 0 aromatic heterocycles. The smallest absolute Gasteiger partial charge is 0.0225 e. The Kier molecular flexibility index (Phi) is 0.434.